The number of nitrogens with one attached hydrogen (secondary N) is 2. The minimum atomic E-state index is -0.224. The molecule has 0 spiro atoms. The van der Waals surface area contributed by atoms with E-state index in [0.717, 1.165) is 19.3 Å². The highest BCUT2D eigenvalue weighted by molar-refractivity contribution is 5.85. The smallest absolute Gasteiger partial charge is 0.227 e. The average molecular weight is 207 g/mol. The minimum Gasteiger partial charge on any atom is -0.367 e. The highest BCUT2D eigenvalue weighted by Gasteiger charge is 2.48. The van der Waals surface area contributed by atoms with Gasteiger partial charge in [-0.1, -0.05) is 0 Å². The van der Waals surface area contributed by atoms with Gasteiger partial charge in [-0.3, -0.25) is 4.79 Å². The molecule has 0 aliphatic heterocycles. The molecule has 1 aromatic rings. The van der Waals surface area contributed by atoms with E-state index in [4.69, 9.17) is 5.73 Å². The number of carbonyl (C=O) groups excluding carboxylic acids is 1. The molecule has 1 fully saturated rings. The second-order valence-electron chi connectivity index (χ2n) is 4.21. The Morgan fingerprint density at radius 1 is 1.60 bits per heavy atom. The molecule has 0 saturated heterocycles. The zero-order chi connectivity index (χ0) is 10.7. The van der Waals surface area contributed by atoms with Crippen molar-refractivity contribution in [2.24, 2.45) is 11.1 Å². The van der Waals surface area contributed by atoms with Crippen LogP contribution in [0.1, 0.15) is 18.4 Å². The molecule has 1 saturated carbocycles. The average Bonchev–Trinajstić information content (AvgIpc) is 2.90. The predicted octanol–water partition coefficient (Wildman–Crippen LogP) is 0.412. The van der Waals surface area contributed by atoms with Crippen LogP contribution in [0.5, 0.6) is 0 Å². The highest BCUT2D eigenvalue weighted by atomic mass is 16.2. The summed E-state index contributed by atoms with van der Waals surface area (Å²) >= 11 is 0. The topological polar surface area (TPSA) is 70.9 Å². The maximum absolute atomic E-state index is 11.7. The van der Waals surface area contributed by atoms with Gasteiger partial charge in [0.25, 0.3) is 0 Å². The molecule has 1 amide bonds. The Labute approximate surface area is 89.2 Å². The molecule has 1 aromatic heterocycles. The minimum absolute atomic E-state index is 0.125. The van der Waals surface area contributed by atoms with E-state index in [-0.39, 0.29) is 11.3 Å². The Morgan fingerprint density at radius 2 is 2.40 bits per heavy atom. The van der Waals surface area contributed by atoms with Gasteiger partial charge in [0.1, 0.15) is 0 Å². The van der Waals surface area contributed by atoms with Gasteiger partial charge in [0, 0.05) is 25.5 Å². The van der Waals surface area contributed by atoms with E-state index >= 15 is 0 Å². The SMILES string of the molecule is NCC1(C(=O)NCCc2cc[nH]c2)CC1. The largest absolute Gasteiger partial charge is 0.367 e. The molecule has 2 rings (SSSR count). The molecule has 4 nitrogen and oxygen atoms in total. The maximum atomic E-state index is 11.7. The number of nitrogens with two attached hydrogens (primary N) is 1. The standard InChI is InChI=1S/C11H17N3O/c12-8-11(3-4-11)10(15)14-6-2-9-1-5-13-7-9/h1,5,7,13H,2-4,6,8,12H2,(H,14,15). The van der Waals surface area contributed by atoms with E-state index in [0.29, 0.717) is 13.1 Å². The zero-order valence-corrected chi connectivity index (χ0v) is 8.75. The number of amides is 1. The van der Waals surface area contributed by atoms with Crippen LogP contribution in [0.4, 0.5) is 0 Å². The van der Waals surface area contributed by atoms with Crippen molar-refractivity contribution in [1.82, 2.24) is 10.3 Å². The van der Waals surface area contributed by atoms with Crippen LogP contribution in [0, 0.1) is 5.41 Å². The second-order valence-corrected chi connectivity index (χ2v) is 4.21. The normalized spacial score (nSPS) is 17.4. The third kappa shape index (κ3) is 2.21. The van der Waals surface area contributed by atoms with Gasteiger partial charge >= 0.3 is 0 Å². The monoisotopic (exact) mass is 207 g/mol. The first-order chi connectivity index (χ1) is 7.27. The molecule has 1 aliphatic rings. The van der Waals surface area contributed by atoms with Crippen LogP contribution < -0.4 is 11.1 Å². The molecule has 0 bridgehead atoms. The quantitative estimate of drug-likeness (QED) is 0.654. The molecule has 15 heavy (non-hydrogen) atoms. The molecule has 0 radical (unpaired) electrons. The Morgan fingerprint density at radius 3 is 2.93 bits per heavy atom. The van der Waals surface area contributed by atoms with Gasteiger partial charge in [0.15, 0.2) is 0 Å². The number of hydrogen-bond donors (Lipinski definition) is 3. The van der Waals surface area contributed by atoms with E-state index in [1.165, 1.54) is 5.56 Å². The van der Waals surface area contributed by atoms with Crippen molar-refractivity contribution in [3.05, 3.63) is 24.0 Å². The lowest BCUT2D eigenvalue weighted by atomic mass is 10.1. The molecule has 4 N–H and O–H groups in total. The van der Waals surface area contributed by atoms with Crippen LogP contribution in [0.25, 0.3) is 0 Å². The number of carbonyl (C=O) groups is 1. The lowest BCUT2D eigenvalue weighted by Crippen LogP contribution is -2.37. The maximum Gasteiger partial charge on any atom is 0.227 e. The van der Waals surface area contributed by atoms with Gasteiger partial charge in [0.2, 0.25) is 5.91 Å². The molecule has 0 unspecified atom stereocenters. The Hall–Kier alpha value is -1.29. The third-order valence-electron chi connectivity index (χ3n) is 3.09. The fourth-order valence-electron chi connectivity index (χ4n) is 1.70. The van der Waals surface area contributed by atoms with E-state index in [1.54, 1.807) is 0 Å². The first-order valence-electron chi connectivity index (χ1n) is 5.37. The molecule has 1 heterocycles. The van der Waals surface area contributed by atoms with E-state index in [1.807, 2.05) is 18.5 Å². The summed E-state index contributed by atoms with van der Waals surface area (Å²) in [7, 11) is 0. The van der Waals surface area contributed by atoms with Crippen LogP contribution in [-0.2, 0) is 11.2 Å². The molecular weight excluding hydrogens is 190 g/mol. The third-order valence-corrected chi connectivity index (χ3v) is 3.09. The summed E-state index contributed by atoms with van der Waals surface area (Å²) in [6, 6.07) is 2.02. The number of hydrogen-bond acceptors (Lipinski definition) is 2. The molecule has 0 aromatic carbocycles. The predicted molar refractivity (Wildman–Crippen MR) is 58.2 cm³/mol. The summed E-state index contributed by atoms with van der Waals surface area (Å²) in [6.07, 6.45) is 6.59. The molecular formula is C11H17N3O. The molecule has 82 valence electrons. The van der Waals surface area contributed by atoms with E-state index < -0.39 is 0 Å². The number of aromatic amines is 1. The Balaban J connectivity index is 1.72. The van der Waals surface area contributed by atoms with Crippen molar-refractivity contribution in [2.45, 2.75) is 19.3 Å². The van der Waals surface area contributed by atoms with Gasteiger partial charge in [-0.25, -0.2) is 0 Å². The van der Waals surface area contributed by atoms with Crippen LogP contribution in [0.3, 0.4) is 0 Å². The number of aromatic nitrogens is 1. The summed E-state index contributed by atoms with van der Waals surface area (Å²) in [5, 5.41) is 2.94. The van der Waals surface area contributed by atoms with Crippen LogP contribution in [0.2, 0.25) is 0 Å². The van der Waals surface area contributed by atoms with Crippen molar-refractivity contribution >= 4 is 5.91 Å². The van der Waals surface area contributed by atoms with Crippen LogP contribution in [0.15, 0.2) is 18.5 Å². The van der Waals surface area contributed by atoms with Crippen LogP contribution >= 0.6 is 0 Å². The van der Waals surface area contributed by atoms with Gasteiger partial charge in [-0.15, -0.1) is 0 Å². The summed E-state index contributed by atoms with van der Waals surface area (Å²) in [4.78, 5) is 14.7. The van der Waals surface area contributed by atoms with E-state index in [9.17, 15) is 4.79 Å². The van der Waals surface area contributed by atoms with E-state index in [2.05, 4.69) is 10.3 Å². The Kier molecular flexibility index (Phi) is 2.77. The molecule has 0 atom stereocenters. The van der Waals surface area contributed by atoms with Crippen molar-refractivity contribution in [2.75, 3.05) is 13.1 Å². The highest BCUT2D eigenvalue weighted by Crippen LogP contribution is 2.44. The van der Waals surface area contributed by atoms with Gasteiger partial charge in [-0.05, 0) is 30.9 Å². The summed E-state index contributed by atoms with van der Waals surface area (Å²) < 4.78 is 0. The van der Waals surface area contributed by atoms with Gasteiger partial charge < -0.3 is 16.0 Å². The zero-order valence-electron chi connectivity index (χ0n) is 8.75. The van der Waals surface area contributed by atoms with Gasteiger partial charge in [-0.2, -0.15) is 0 Å². The van der Waals surface area contributed by atoms with Gasteiger partial charge in [0.05, 0.1) is 5.41 Å². The van der Waals surface area contributed by atoms with Crippen molar-refractivity contribution in [3.63, 3.8) is 0 Å². The summed E-state index contributed by atoms with van der Waals surface area (Å²) in [5.41, 5.74) is 6.56. The number of rotatable bonds is 5. The van der Waals surface area contributed by atoms with Crippen molar-refractivity contribution in [3.8, 4) is 0 Å². The van der Waals surface area contributed by atoms with Crippen molar-refractivity contribution in [1.29, 1.82) is 0 Å². The lowest BCUT2D eigenvalue weighted by molar-refractivity contribution is -0.125. The summed E-state index contributed by atoms with van der Waals surface area (Å²) in [6.45, 7) is 1.17. The summed E-state index contributed by atoms with van der Waals surface area (Å²) in [5.74, 6) is 0.125. The van der Waals surface area contributed by atoms with Crippen LogP contribution in [-0.4, -0.2) is 24.0 Å². The number of H-pyrrole nitrogens is 1. The first kappa shape index (κ1) is 10.2. The van der Waals surface area contributed by atoms with Crippen molar-refractivity contribution < 1.29 is 4.79 Å². The molecule has 4 heteroatoms. The second kappa shape index (κ2) is 4.06. The fraction of sp³-hybridized carbons (Fsp3) is 0.545. The Bertz CT molecular complexity index is 328. The lowest BCUT2D eigenvalue weighted by Gasteiger charge is -2.12. The molecule has 1 aliphatic carbocycles. The fourth-order valence-corrected chi connectivity index (χ4v) is 1.70. The first-order valence-corrected chi connectivity index (χ1v) is 5.37.